The SMILES string of the molecule is CC(C)CC(C(=O)O)c1cc(-c2ccccc2)cc(C(F)(F)F)c1. The van der Waals surface area contributed by atoms with Crippen LogP contribution in [0.1, 0.15) is 37.3 Å². The van der Waals surface area contributed by atoms with E-state index in [1.54, 1.807) is 36.4 Å². The number of halogens is 3. The van der Waals surface area contributed by atoms with Crippen LogP contribution in [-0.2, 0) is 11.0 Å². The molecule has 0 saturated heterocycles. The normalized spacial score (nSPS) is 13.1. The average molecular weight is 336 g/mol. The summed E-state index contributed by atoms with van der Waals surface area (Å²) in [4.78, 5) is 11.6. The fourth-order valence-corrected chi connectivity index (χ4v) is 2.66. The predicted molar refractivity (Wildman–Crippen MR) is 86.7 cm³/mol. The van der Waals surface area contributed by atoms with Gasteiger partial charge in [-0.15, -0.1) is 0 Å². The molecule has 2 aromatic carbocycles. The fourth-order valence-electron chi connectivity index (χ4n) is 2.66. The Balaban J connectivity index is 2.60. The summed E-state index contributed by atoms with van der Waals surface area (Å²) in [7, 11) is 0. The van der Waals surface area contributed by atoms with Gasteiger partial charge in [0.05, 0.1) is 11.5 Å². The lowest BCUT2D eigenvalue weighted by Gasteiger charge is -2.18. The first-order valence-electron chi connectivity index (χ1n) is 7.69. The van der Waals surface area contributed by atoms with Crippen LogP contribution in [0.3, 0.4) is 0 Å². The Morgan fingerprint density at radius 3 is 2.17 bits per heavy atom. The Labute approximate surface area is 138 Å². The van der Waals surface area contributed by atoms with Crippen molar-refractivity contribution in [2.75, 3.05) is 0 Å². The number of carbonyl (C=O) groups is 1. The number of alkyl halides is 3. The highest BCUT2D eigenvalue weighted by Gasteiger charge is 2.33. The van der Waals surface area contributed by atoms with Gasteiger partial charge in [-0.05, 0) is 41.2 Å². The van der Waals surface area contributed by atoms with Gasteiger partial charge in [0.2, 0.25) is 0 Å². The van der Waals surface area contributed by atoms with Crippen LogP contribution in [0.5, 0.6) is 0 Å². The van der Waals surface area contributed by atoms with Gasteiger partial charge in [-0.3, -0.25) is 4.79 Å². The molecule has 0 radical (unpaired) electrons. The maximum atomic E-state index is 13.2. The maximum absolute atomic E-state index is 13.2. The largest absolute Gasteiger partial charge is 0.481 e. The summed E-state index contributed by atoms with van der Waals surface area (Å²) >= 11 is 0. The van der Waals surface area contributed by atoms with E-state index >= 15 is 0 Å². The standard InChI is InChI=1S/C19H19F3O2/c1-12(2)8-17(18(23)24)15-9-14(13-6-4-3-5-7-13)10-16(11-15)19(20,21)22/h3-7,9-12,17H,8H2,1-2H3,(H,23,24). The van der Waals surface area contributed by atoms with E-state index in [1.165, 1.54) is 0 Å². The summed E-state index contributed by atoms with van der Waals surface area (Å²) in [5, 5.41) is 9.45. The number of hydrogen-bond acceptors (Lipinski definition) is 1. The number of rotatable bonds is 5. The number of hydrogen-bond donors (Lipinski definition) is 1. The molecule has 1 atom stereocenters. The lowest BCUT2D eigenvalue weighted by Crippen LogP contribution is -2.16. The van der Waals surface area contributed by atoms with E-state index in [2.05, 4.69) is 0 Å². The van der Waals surface area contributed by atoms with Crippen LogP contribution in [0.25, 0.3) is 11.1 Å². The van der Waals surface area contributed by atoms with E-state index in [4.69, 9.17) is 0 Å². The van der Waals surface area contributed by atoms with Crippen LogP contribution in [0.15, 0.2) is 48.5 Å². The molecular formula is C19H19F3O2. The zero-order valence-corrected chi connectivity index (χ0v) is 13.5. The number of benzene rings is 2. The molecule has 2 nitrogen and oxygen atoms in total. The summed E-state index contributed by atoms with van der Waals surface area (Å²) in [6.45, 7) is 3.70. The fraction of sp³-hybridized carbons (Fsp3) is 0.316. The van der Waals surface area contributed by atoms with Crippen LogP contribution in [0, 0.1) is 5.92 Å². The molecule has 0 fully saturated rings. The summed E-state index contributed by atoms with van der Waals surface area (Å²) in [5.41, 5.74) is 0.354. The molecule has 0 aliphatic rings. The first-order chi connectivity index (χ1) is 11.2. The molecular weight excluding hydrogens is 317 g/mol. The summed E-state index contributed by atoms with van der Waals surface area (Å²) in [6.07, 6.45) is -4.24. The van der Waals surface area contributed by atoms with Crippen molar-refractivity contribution in [1.82, 2.24) is 0 Å². The second-order valence-corrected chi connectivity index (χ2v) is 6.23. The van der Waals surface area contributed by atoms with Crippen molar-refractivity contribution in [2.45, 2.75) is 32.4 Å². The third kappa shape index (κ3) is 4.37. The van der Waals surface area contributed by atoms with Crippen molar-refractivity contribution >= 4 is 5.97 Å². The monoisotopic (exact) mass is 336 g/mol. The molecule has 24 heavy (non-hydrogen) atoms. The predicted octanol–water partition coefficient (Wildman–Crippen LogP) is 5.59. The Morgan fingerprint density at radius 1 is 1.04 bits per heavy atom. The lowest BCUT2D eigenvalue weighted by molar-refractivity contribution is -0.140. The Morgan fingerprint density at radius 2 is 1.67 bits per heavy atom. The van der Waals surface area contributed by atoms with Crippen LogP contribution in [0.4, 0.5) is 13.2 Å². The zero-order chi connectivity index (χ0) is 17.9. The van der Waals surface area contributed by atoms with E-state index in [0.717, 1.165) is 12.1 Å². The minimum Gasteiger partial charge on any atom is -0.481 e. The molecule has 5 heteroatoms. The van der Waals surface area contributed by atoms with Gasteiger partial charge in [-0.1, -0.05) is 50.2 Å². The molecule has 0 heterocycles. The van der Waals surface area contributed by atoms with E-state index in [-0.39, 0.29) is 17.9 Å². The van der Waals surface area contributed by atoms with Crippen molar-refractivity contribution in [2.24, 2.45) is 5.92 Å². The van der Waals surface area contributed by atoms with Gasteiger partial charge in [0, 0.05) is 0 Å². The van der Waals surface area contributed by atoms with Crippen molar-refractivity contribution in [3.63, 3.8) is 0 Å². The Hall–Kier alpha value is -2.30. The van der Waals surface area contributed by atoms with Crippen molar-refractivity contribution in [1.29, 1.82) is 0 Å². The topological polar surface area (TPSA) is 37.3 Å². The molecule has 0 aliphatic carbocycles. The highest BCUT2D eigenvalue weighted by molar-refractivity contribution is 5.77. The zero-order valence-electron chi connectivity index (χ0n) is 13.5. The van der Waals surface area contributed by atoms with Gasteiger partial charge >= 0.3 is 12.1 Å². The quantitative estimate of drug-likeness (QED) is 0.773. The summed E-state index contributed by atoms with van der Waals surface area (Å²) < 4.78 is 39.7. The van der Waals surface area contributed by atoms with Gasteiger partial charge in [-0.25, -0.2) is 0 Å². The number of carboxylic acid groups (broad SMARTS) is 1. The molecule has 0 spiro atoms. The number of aliphatic carboxylic acids is 1. The van der Waals surface area contributed by atoms with Gasteiger partial charge < -0.3 is 5.11 Å². The van der Waals surface area contributed by atoms with Crippen LogP contribution < -0.4 is 0 Å². The summed E-state index contributed by atoms with van der Waals surface area (Å²) in [5.74, 6) is -2.02. The van der Waals surface area contributed by atoms with Crippen LogP contribution >= 0.6 is 0 Å². The second-order valence-electron chi connectivity index (χ2n) is 6.23. The Bertz CT molecular complexity index is 706. The van der Waals surface area contributed by atoms with E-state index < -0.39 is 23.6 Å². The molecule has 1 N–H and O–H groups in total. The van der Waals surface area contributed by atoms with Gasteiger partial charge in [0.1, 0.15) is 0 Å². The van der Waals surface area contributed by atoms with Crippen molar-refractivity contribution < 1.29 is 23.1 Å². The molecule has 0 amide bonds. The molecule has 0 bridgehead atoms. The van der Waals surface area contributed by atoms with Crippen molar-refractivity contribution in [3.05, 3.63) is 59.7 Å². The third-order valence-electron chi connectivity index (χ3n) is 3.80. The second kappa shape index (κ2) is 7.07. The van der Waals surface area contributed by atoms with E-state index in [0.29, 0.717) is 11.1 Å². The smallest absolute Gasteiger partial charge is 0.416 e. The average Bonchev–Trinajstić information content (AvgIpc) is 2.51. The molecule has 128 valence electrons. The van der Waals surface area contributed by atoms with Gasteiger partial charge in [0.25, 0.3) is 0 Å². The molecule has 0 aromatic heterocycles. The van der Waals surface area contributed by atoms with E-state index in [1.807, 2.05) is 13.8 Å². The Kier molecular flexibility index (Phi) is 5.32. The van der Waals surface area contributed by atoms with Crippen LogP contribution in [-0.4, -0.2) is 11.1 Å². The molecule has 2 rings (SSSR count). The number of carboxylic acids is 1. The highest BCUT2D eigenvalue weighted by Crippen LogP contribution is 2.36. The molecule has 1 unspecified atom stereocenters. The maximum Gasteiger partial charge on any atom is 0.416 e. The van der Waals surface area contributed by atoms with E-state index in [9.17, 15) is 23.1 Å². The molecule has 2 aromatic rings. The van der Waals surface area contributed by atoms with Gasteiger partial charge in [-0.2, -0.15) is 13.2 Å². The highest BCUT2D eigenvalue weighted by atomic mass is 19.4. The lowest BCUT2D eigenvalue weighted by atomic mass is 9.87. The summed E-state index contributed by atoms with van der Waals surface area (Å²) in [6, 6.07) is 12.2. The minimum absolute atomic E-state index is 0.0563. The van der Waals surface area contributed by atoms with Crippen molar-refractivity contribution in [3.8, 4) is 11.1 Å². The first kappa shape index (κ1) is 18.0. The minimum atomic E-state index is -4.53. The first-order valence-corrected chi connectivity index (χ1v) is 7.69. The van der Waals surface area contributed by atoms with Gasteiger partial charge in [0.15, 0.2) is 0 Å². The third-order valence-corrected chi connectivity index (χ3v) is 3.80. The van der Waals surface area contributed by atoms with Crippen LogP contribution in [0.2, 0.25) is 0 Å². The molecule has 0 aliphatic heterocycles. The molecule has 0 saturated carbocycles.